The molecule has 2 heteroatoms. The first-order valence-corrected chi connectivity index (χ1v) is 5.56. The first-order valence-electron chi connectivity index (χ1n) is 5.56. The standard InChI is InChI=1S/C14H21NO/c1-13(2,3)11-8-6-10(7-9-11)12(16)14(4,5)15/h6-9H,15H2,1-5H3. The van der Waals surface area contributed by atoms with Crippen molar-refractivity contribution in [2.45, 2.75) is 45.6 Å². The molecule has 0 aliphatic heterocycles. The van der Waals surface area contributed by atoms with Crippen LogP contribution in [0.4, 0.5) is 0 Å². The summed E-state index contributed by atoms with van der Waals surface area (Å²) in [7, 11) is 0. The van der Waals surface area contributed by atoms with E-state index in [1.54, 1.807) is 13.8 Å². The van der Waals surface area contributed by atoms with Gasteiger partial charge in [-0.25, -0.2) is 0 Å². The van der Waals surface area contributed by atoms with E-state index in [1.165, 1.54) is 5.56 Å². The Bertz CT molecular complexity index is 377. The van der Waals surface area contributed by atoms with Crippen LogP contribution in [0.3, 0.4) is 0 Å². The molecule has 0 radical (unpaired) electrons. The molecule has 0 heterocycles. The molecule has 0 spiro atoms. The van der Waals surface area contributed by atoms with Crippen molar-refractivity contribution in [2.75, 3.05) is 0 Å². The highest BCUT2D eigenvalue weighted by Crippen LogP contribution is 2.23. The minimum atomic E-state index is -0.802. The fourth-order valence-corrected chi connectivity index (χ4v) is 1.49. The van der Waals surface area contributed by atoms with Crippen LogP contribution in [0.25, 0.3) is 0 Å². The third kappa shape index (κ3) is 2.92. The van der Waals surface area contributed by atoms with Crippen LogP contribution in [0.2, 0.25) is 0 Å². The second-order valence-corrected chi connectivity index (χ2v) is 5.88. The molecule has 2 nitrogen and oxygen atoms in total. The number of Topliss-reactive ketones (excluding diaryl/α,β-unsaturated/α-hetero) is 1. The minimum Gasteiger partial charge on any atom is -0.319 e. The fraction of sp³-hybridized carbons (Fsp3) is 0.500. The molecule has 0 bridgehead atoms. The first-order chi connectivity index (χ1) is 7.12. The molecule has 0 amide bonds. The number of ketones is 1. The summed E-state index contributed by atoms with van der Waals surface area (Å²) in [5.74, 6) is -0.0204. The number of benzene rings is 1. The van der Waals surface area contributed by atoms with E-state index in [-0.39, 0.29) is 11.2 Å². The van der Waals surface area contributed by atoms with Crippen LogP contribution in [-0.2, 0) is 5.41 Å². The molecule has 0 fully saturated rings. The summed E-state index contributed by atoms with van der Waals surface area (Å²) in [6.07, 6.45) is 0. The summed E-state index contributed by atoms with van der Waals surface area (Å²) >= 11 is 0. The number of carbonyl (C=O) groups is 1. The molecule has 0 saturated carbocycles. The molecular weight excluding hydrogens is 198 g/mol. The number of rotatable bonds is 2. The van der Waals surface area contributed by atoms with Crippen LogP contribution in [0.15, 0.2) is 24.3 Å². The van der Waals surface area contributed by atoms with Gasteiger partial charge in [0.1, 0.15) is 0 Å². The monoisotopic (exact) mass is 219 g/mol. The Morgan fingerprint density at radius 2 is 1.44 bits per heavy atom. The summed E-state index contributed by atoms with van der Waals surface area (Å²) in [5, 5.41) is 0. The summed E-state index contributed by atoms with van der Waals surface area (Å²) in [6, 6.07) is 7.72. The largest absolute Gasteiger partial charge is 0.319 e. The smallest absolute Gasteiger partial charge is 0.182 e. The Kier molecular flexibility index (Phi) is 3.25. The van der Waals surface area contributed by atoms with Gasteiger partial charge in [-0.15, -0.1) is 0 Å². The highest BCUT2D eigenvalue weighted by Gasteiger charge is 2.23. The molecule has 0 saturated heterocycles. The van der Waals surface area contributed by atoms with Crippen LogP contribution in [0.5, 0.6) is 0 Å². The summed E-state index contributed by atoms with van der Waals surface area (Å²) in [6.45, 7) is 9.91. The van der Waals surface area contributed by atoms with Gasteiger partial charge in [-0.2, -0.15) is 0 Å². The topological polar surface area (TPSA) is 43.1 Å². The summed E-state index contributed by atoms with van der Waals surface area (Å²) in [4.78, 5) is 11.9. The zero-order valence-electron chi connectivity index (χ0n) is 10.8. The lowest BCUT2D eigenvalue weighted by Crippen LogP contribution is -2.41. The van der Waals surface area contributed by atoms with E-state index in [0.717, 1.165) is 0 Å². The molecule has 0 aromatic heterocycles. The number of hydrogen-bond donors (Lipinski definition) is 1. The lowest BCUT2D eigenvalue weighted by Gasteiger charge is -2.20. The Balaban J connectivity index is 3.01. The van der Waals surface area contributed by atoms with Crippen molar-refractivity contribution in [3.8, 4) is 0 Å². The first kappa shape index (κ1) is 12.9. The highest BCUT2D eigenvalue weighted by molar-refractivity contribution is 6.02. The van der Waals surface area contributed by atoms with Crippen LogP contribution in [0, 0.1) is 0 Å². The van der Waals surface area contributed by atoms with E-state index in [9.17, 15) is 4.79 Å². The van der Waals surface area contributed by atoms with Crippen molar-refractivity contribution in [3.05, 3.63) is 35.4 Å². The molecule has 0 aliphatic rings. The molecule has 2 N–H and O–H groups in total. The average molecular weight is 219 g/mol. The van der Waals surface area contributed by atoms with E-state index in [4.69, 9.17) is 5.73 Å². The third-order valence-electron chi connectivity index (χ3n) is 2.60. The van der Waals surface area contributed by atoms with Gasteiger partial charge in [-0.3, -0.25) is 4.79 Å². The van der Waals surface area contributed by atoms with Crippen molar-refractivity contribution >= 4 is 5.78 Å². The third-order valence-corrected chi connectivity index (χ3v) is 2.60. The quantitative estimate of drug-likeness (QED) is 0.777. The van der Waals surface area contributed by atoms with E-state index in [0.29, 0.717) is 5.56 Å². The maximum atomic E-state index is 11.9. The van der Waals surface area contributed by atoms with Crippen LogP contribution in [-0.4, -0.2) is 11.3 Å². The Hall–Kier alpha value is -1.15. The van der Waals surface area contributed by atoms with Gasteiger partial charge in [0.2, 0.25) is 0 Å². The molecule has 0 aliphatic carbocycles. The van der Waals surface area contributed by atoms with Gasteiger partial charge in [-0.1, -0.05) is 45.0 Å². The van der Waals surface area contributed by atoms with Crippen LogP contribution >= 0.6 is 0 Å². The van der Waals surface area contributed by atoms with E-state index < -0.39 is 5.54 Å². The molecule has 0 unspecified atom stereocenters. The maximum absolute atomic E-state index is 11.9. The SMILES string of the molecule is CC(C)(N)C(=O)c1ccc(C(C)(C)C)cc1. The Morgan fingerprint density at radius 1 is 1.00 bits per heavy atom. The number of carbonyl (C=O) groups excluding carboxylic acids is 1. The Labute approximate surface area is 97.9 Å². The summed E-state index contributed by atoms with van der Waals surface area (Å²) < 4.78 is 0. The molecule has 1 rings (SSSR count). The van der Waals surface area contributed by atoms with Gasteiger partial charge >= 0.3 is 0 Å². The van der Waals surface area contributed by atoms with Gasteiger partial charge in [-0.05, 0) is 24.8 Å². The molecule has 1 aromatic carbocycles. The molecule has 16 heavy (non-hydrogen) atoms. The predicted octanol–water partition coefficient (Wildman–Crippen LogP) is 2.90. The lowest BCUT2D eigenvalue weighted by molar-refractivity contribution is 0.0913. The second-order valence-electron chi connectivity index (χ2n) is 5.88. The molecule has 1 aromatic rings. The minimum absolute atomic E-state index is 0.0204. The van der Waals surface area contributed by atoms with Crippen molar-refractivity contribution in [1.82, 2.24) is 0 Å². The number of hydrogen-bond acceptors (Lipinski definition) is 2. The van der Waals surface area contributed by atoms with Crippen LogP contribution < -0.4 is 5.73 Å². The van der Waals surface area contributed by atoms with Crippen molar-refractivity contribution in [2.24, 2.45) is 5.73 Å². The van der Waals surface area contributed by atoms with Crippen molar-refractivity contribution in [1.29, 1.82) is 0 Å². The Morgan fingerprint density at radius 3 is 1.75 bits per heavy atom. The van der Waals surface area contributed by atoms with Gasteiger partial charge in [0.15, 0.2) is 5.78 Å². The van der Waals surface area contributed by atoms with Gasteiger partial charge in [0, 0.05) is 5.56 Å². The predicted molar refractivity (Wildman–Crippen MR) is 67.7 cm³/mol. The normalized spacial score (nSPS) is 12.6. The summed E-state index contributed by atoms with van der Waals surface area (Å²) in [5.41, 5.74) is 7.00. The fourth-order valence-electron chi connectivity index (χ4n) is 1.49. The van der Waals surface area contributed by atoms with E-state index in [2.05, 4.69) is 20.8 Å². The second kappa shape index (κ2) is 4.02. The van der Waals surface area contributed by atoms with Gasteiger partial charge in [0.05, 0.1) is 5.54 Å². The van der Waals surface area contributed by atoms with E-state index in [1.807, 2.05) is 24.3 Å². The molecule has 88 valence electrons. The number of nitrogens with two attached hydrogens (primary N) is 1. The maximum Gasteiger partial charge on any atom is 0.182 e. The lowest BCUT2D eigenvalue weighted by atomic mass is 9.85. The molecule has 0 atom stereocenters. The van der Waals surface area contributed by atoms with Crippen LogP contribution in [0.1, 0.15) is 50.5 Å². The average Bonchev–Trinajstić information content (AvgIpc) is 2.14. The van der Waals surface area contributed by atoms with Gasteiger partial charge in [0.25, 0.3) is 0 Å². The zero-order chi connectivity index (χ0) is 12.6. The van der Waals surface area contributed by atoms with Gasteiger partial charge < -0.3 is 5.73 Å². The molecular formula is C14H21NO. The van der Waals surface area contributed by atoms with Crippen molar-refractivity contribution < 1.29 is 4.79 Å². The zero-order valence-corrected chi connectivity index (χ0v) is 10.8. The highest BCUT2D eigenvalue weighted by atomic mass is 16.1. The van der Waals surface area contributed by atoms with E-state index >= 15 is 0 Å². The van der Waals surface area contributed by atoms with Crippen molar-refractivity contribution in [3.63, 3.8) is 0 Å².